The van der Waals surface area contributed by atoms with Gasteiger partial charge in [0.1, 0.15) is 5.75 Å². The van der Waals surface area contributed by atoms with Crippen molar-refractivity contribution in [2.45, 2.75) is 70.0 Å². The molecule has 0 aromatic heterocycles. The Kier molecular flexibility index (Phi) is 5.97. The summed E-state index contributed by atoms with van der Waals surface area (Å²) in [5, 5.41) is 15.5. The van der Waals surface area contributed by atoms with Gasteiger partial charge in [0.2, 0.25) is 5.91 Å². The van der Waals surface area contributed by atoms with Crippen LogP contribution in [0.4, 0.5) is 0 Å². The van der Waals surface area contributed by atoms with Crippen molar-refractivity contribution in [1.82, 2.24) is 15.5 Å². The Bertz CT molecular complexity index is 1220. The molecule has 194 valence electrons. The molecule has 7 heteroatoms. The fourth-order valence-corrected chi connectivity index (χ4v) is 6.77. The molecule has 0 spiro atoms. The molecular weight excluding hydrogens is 464 g/mol. The second-order valence-corrected chi connectivity index (χ2v) is 11.2. The van der Waals surface area contributed by atoms with E-state index < -0.39 is 0 Å². The third kappa shape index (κ3) is 4.18. The fraction of sp³-hybridized carbons (Fsp3) is 0.500. The molecule has 2 aromatic carbocycles. The van der Waals surface area contributed by atoms with Crippen molar-refractivity contribution in [3.63, 3.8) is 0 Å². The zero-order chi connectivity index (χ0) is 25.7. The maximum Gasteiger partial charge on any atom is 0.251 e. The summed E-state index contributed by atoms with van der Waals surface area (Å²) in [6, 6.07) is 15.2. The quantitative estimate of drug-likeness (QED) is 0.501. The number of rotatable bonds is 7. The van der Waals surface area contributed by atoms with Crippen molar-refractivity contribution in [2.75, 3.05) is 6.61 Å². The number of carbonyl (C=O) groups excluding carboxylic acids is 2. The van der Waals surface area contributed by atoms with Crippen LogP contribution in [0.5, 0.6) is 5.75 Å². The second-order valence-electron chi connectivity index (χ2n) is 11.2. The molecule has 5 atom stereocenters. The van der Waals surface area contributed by atoms with Crippen molar-refractivity contribution in [3.8, 4) is 5.75 Å². The number of ether oxygens (including phenoxy) is 1. The first kappa shape index (κ1) is 24.0. The largest absolute Gasteiger partial charge is 0.493 e. The van der Waals surface area contributed by atoms with Gasteiger partial charge in [0.25, 0.3) is 5.91 Å². The number of guanidine groups is 1. The molecule has 2 heterocycles. The van der Waals surface area contributed by atoms with Crippen LogP contribution in [0.1, 0.15) is 85.9 Å². The average Bonchev–Trinajstić information content (AvgIpc) is 3.56. The highest BCUT2D eigenvalue weighted by Gasteiger charge is 2.58. The lowest BCUT2D eigenvalue weighted by Gasteiger charge is -2.48. The number of nitrogens with one attached hydrogen (secondary N) is 3. The van der Waals surface area contributed by atoms with Crippen LogP contribution in [-0.4, -0.2) is 34.8 Å². The number of hydrogen-bond acceptors (Lipinski definition) is 4. The molecular formula is C30H36N4O3. The first-order valence-corrected chi connectivity index (χ1v) is 13.7. The normalized spacial score (nSPS) is 28.1. The van der Waals surface area contributed by atoms with E-state index >= 15 is 0 Å². The first-order chi connectivity index (χ1) is 17.9. The Labute approximate surface area is 218 Å². The molecule has 2 aliphatic carbocycles. The lowest BCUT2D eigenvalue weighted by atomic mass is 9.75. The van der Waals surface area contributed by atoms with Crippen LogP contribution in [0.15, 0.2) is 48.5 Å². The van der Waals surface area contributed by atoms with Crippen molar-refractivity contribution >= 4 is 17.8 Å². The molecule has 4 unspecified atom stereocenters. The van der Waals surface area contributed by atoms with E-state index in [1.807, 2.05) is 48.5 Å². The molecule has 2 saturated carbocycles. The Morgan fingerprint density at radius 1 is 1.19 bits per heavy atom. The van der Waals surface area contributed by atoms with Crippen LogP contribution >= 0.6 is 0 Å². The van der Waals surface area contributed by atoms with Crippen LogP contribution in [-0.2, 0) is 4.79 Å². The van der Waals surface area contributed by atoms with E-state index in [1.54, 1.807) is 4.90 Å². The average molecular weight is 501 g/mol. The van der Waals surface area contributed by atoms with E-state index in [4.69, 9.17) is 10.1 Å². The van der Waals surface area contributed by atoms with E-state index in [1.165, 1.54) is 6.42 Å². The van der Waals surface area contributed by atoms with Gasteiger partial charge in [-0.15, -0.1) is 0 Å². The summed E-state index contributed by atoms with van der Waals surface area (Å²) in [4.78, 5) is 28.7. The molecule has 2 amide bonds. The smallest absolute Gasteiger partial charge is 0.251 e. The predicted octanol–water partition coefficient (Wildman–Crippen LogP) is 4.95. The van der Waals surface area contributed by atoms with Gasteiger partial charge < -0.3 is 15.4 Å². The van der Waals surface area contributed by atoms with Crippen LogP contribution in [0.2, 0.25) is 0 Å². The molecule has 4 aliphatic rings. The van der Waals surface area contributed by atoms with Crippen LogP contribution in [0, 0.1) is 23.2 Å². The molecule has 7 nitrogen and oxygen atoms in total. The van der Waals surface area contributed by atoms with Crippen LogP contribution in [0.3, 0.4) is 0 Å². The third-order valence-corrected chi connectivity index (χ3v) is 9.28. The molecule has 3 fully saturated rings. The van der Waals surface area contributed by atoms with Gasteiger partial charge >= 0.3 is 0 Å². The van der Waals surface area contributed by atoms with Crippen molar-refractivity contribution in [1.29, 1.82) is 5.41 Å². The standard InChI is InChI=1S/C30H36N4O3/c1-3-30(4-2)17-26(35)34(29(31)33-30)27(23-16-20-15-22(20)23)18-8-7-9-19(14-18)28(36)32-24-12-13-37-25-11-6-5-10-21(24)25/h5-11,14,20,22-24,27H,3-4,12-13,15-17H2,1-2H3,(H2,31,33)(H,32,36)/t20?,22?,23-,24?,27?/m1/s1. The lowest BCUT2D eigenvalue weighted by Crippen LogP contribution is -2.63. The van der Waals surface area contributed by atoms with Gasteiger partial charge in [-0.25, -0.2) is 0 Å². The van der Waals surface area contributed by atoms with Gasteiger partial charge in [0.05, 0.1) is 25.1 Å². The maximum atomic E-state index is 13.6. The second kappa shape index (κ2) is 9.19. The Morgan fingerprint density at radius 3 is 2.70 bits per heavy atom. The summed E-state index contributed by atoms with van der Waals surface area (Å²) in [5.41, 5.74) is 2.17. The highest BCUT2D eigenvalue weighted by atomic mass is 16.5. The highest BCUT2D eigenvalue weighted by Crippen LogP contribution is 2.64. The van der Waals surface area contributed by atoms with E-state index in [-0.39, 0.29) is 35.4 Å². The maximum absolute atomic E-state index is 13.6. The summed E-state index contributed by atoms with van der Waals surface area (Å²) < 4.78 is 5.75. The van der Waals surface area contributed by atoms with Crippen molar-refractivity contribution in [2.24, 2.45) is 17.8 Å². The third-order valence-electron chi connectivity index (χ3n) is 9.28. The molecule has 2 aromatic rings. The number of fused-ring (bicyclic) bond motifs is 2. The van der Waals surface area contributed by atoms with Gasteiger partial charge in [-0.05, 0) is 67.2 Å². The molecule has 37 heavy (non-hydrogen) atoms. The monoisotopic (exact) mass is 500 g/mol. The van der Waals surface area contributed by atoms with Gasteiger partial charge in [-0.1, -0.05) is 44.2 Å². The summed E-state index contributed by atoms with van der Waals surface area (Å²) in [6.07, 6.45) is 5.00. The molecule has 2 aliphatic heterocycles. The number of hydrogen-bond donors (Lipinski definition) is 3. The SMILES string of the molecule is CCC1(CC)CC(=O)N(C(c2cccc(C(=O)NC3CCOc4ccccc43)c2)[C@@H]2CC3CC32)C(=N)N1. The molecule has 1 saturated heterocycles. The Morgan fingerprint density at radius 2 is 2.00 bits per heavy atom. The highest BCUT2D eigenvalue weighted by molar-refractivity contribution is 6.00. The predicted molar refractivity (Wildman–Crippen MR) is 141 cm³/mol. The number of benzene rings is 2. The number of amides is 2. The van der Waals surface area contributed by atoms with Crippen LogP contribution in [0.25, 0.3) is 0 Å². The Balaban J connectivity index is 1.27. The van der Waals surface area contributed by atoms with Crippen molar-refractivity contribution < 1.29 is 14.3 Å². The summed E-state index contributed by atoms with van der Waals surface area (Å²) in [7, 11) is 0. The number of carbonyl (C=O) groups is 2. The van der Waals surface area contributed by atoms with E-state index in [0.29, 0.717) is 30.4 Å². The van der Waals surface area contributed by atoms with Crippen molar-refractivity contribution in [3.05, 3.63) is 65.2 Å². The molecule has 6 rings (SSSR count). The van der Waals surface area contributed by atoms with Gasteiger partial charge in [-0.2, -0.15) is 0 Å². The van der Waals surface area contributed by atoms with Gasteiger partial charge in [-0.3, -0.25) is 19.9 Å². The molecule has 0 radical (unpaired) electrons. The summed E-state index contributed by atoms with van der Waals surface area (Å²) in [6.45, 7) is 4.71. The van der Waals surface area contributed by atoms with E-state index in [0.717, 1.165) is 48.5 Å². The number of para-hydroxylation sites is 1. The molecule has 3 N–H and O–H groups in total. The van der Waals surface area contributed by atoms with E-state index in [2.05, 4.69) is 24.5 Å². The minimum Gasteiger partial charge on any atom is -0.493 e. The topological polar surface area (TPSA) is 94.5 Å². The Hall–Kier alpha value is -3.35. The summed E-state index contributed by atoms with van der Waals surface area (Å²) in [5.74, 6) is 2.60. The minimum atomic E-state index is -0.349. The summed E-state index contributed by atoms with van der Waals surface area (Å²) >= 11 is 0. The lowest BCUT2D eigenvalue weighted by molar-refractivity contribution is -0.134. The molecule has 0 bridgehead atoms. The zero-order valence-electron chi connectivity index (χ0n) is 21.6. The fourth-order valence-electron chi connectivity index (χ4n) is 6.77. The van der Waals surface area contributed by atoms with Gasteiger partial charge in [0.15, 0.2) is 5.96 Å². The van der Waals surface area contributed by atoms with Gasteiger partial charge in [0, 0.05) is 23.1 Å². The van der Waals surface area contributed by atoms with Crippen LogP contribution < -0.4 is 15.4 Å². The van der Waals surface area contributed by atoms with E-state index in [9.17, 15) is 9.59 Å². The number of nitrogens with zero attached hydrogens (tertiary/aromatic N) is 1. The zero-order valence-corrected chi connectivity index (χ0v) is 21.6. The first-order valence-electron chi connectivity index (χ1n) is 13.7. The minimum absolute atomic E-state index is 0.00946.